The Morgan fingerprint density at radius 3 is 2.76 bits per heavy atom. The van der Waals surface area contributed by atoms with E-state index in [1.807, 2.05) is 0 Å². The first kappa shape index (κ1) is 11.5. The lowest BCUT2D eigenvalue weighted by Gasteiger charge is -2.07. The molecule has 1 heterocycles. The molecular formula is C8H8N4O4S. The largest absolute Gasteiger partial charge is 0.325 e. The first-order chi connectivity index (χ1) is 7.89. The lowest BCUT2D eigenvalue weighted by atomic mass is 10.2. The fourth-order valence-corrected chi connectivity index (χ4v) is 2.23. The molecule has 0 unspecified atom stereocenters. The van der Waals surface area contributed by atoms with Crippen LogP contribution in [-0.2, 0) is 14.9 Å². The monoisotopic (exact) mass is 256 g/mol. The van der Waals surface area contributed by atoms with E-state index in [-0.39, 0.29) is 11.2 Å². The first-order valence-corrected chi connectivity index (χ1v) is 5.92. The molecule has 3 N–H and O–H groups in total. The number of H-pyrrole nitrogens is 1. The number of hydrogen-bond acceptors (Lipinski definition) is 5. The second-order valence-electron chi connectivity index (χ2n) is 3.31. The second kappa shape index (κ2) is 3.79. The summed E-state index contributed by atoms with van der Waals surface area (Å²) >= 11 is 0. The van der Waals surface area contributed by atoms with Gasteiger partial charge in [0.15, 0.2) is 0 Å². The summed E-state index contributed by atoms with van der Waals surface area (Å²) in [5.74, 6) is -0.460. The minimum absolute atomic E-state index is 0.0289. The van der Waals surface area contributed by atoms with E-state index in [1.165, 1.54) is 19.1 Å². The zero-order valence-electron chi connectivity index (χ0n) is 8.63. The van der Waals surface area contributed by atoms with Crippen molar-refractivity contribution in [3.05, 3.63) is 12.1 Å². The molecule has 0 aliphatic rings. The zero-order chi connectivity index (χ0) is 12.6. The molecule has 0 aliphatic heterocycles. The molecule has 0 fully saturated rings. The summed E-state index contributed by atoms with van der Waals surface area (Å²) in [5.41, 5.74) is 0.270. The fraction of sp³-hybridized carbons (Fsp3) is 0.125. The van der Waals surface area contributed by atoms with Gasteiger partial charge in [0, 0.05) is 6.92 Å². The van der Waals surface area contributed by atoms with E-state index in [4.69, 9.17) is 4.55 Å². The topological polar surface area (TPSA) is 125 Å². The number of carbonyl (C=O) groups excluding carboxylic acids is 1. The van der Waals surface area contributed by atoms with Gasteiger partial charge in [0.25, 0.3) is 10.1 Å². The van der Waals surface area contributed by atoms with E-state index >= 15 is 0 Å². The number of anilines is 1. The molecule has 2 aromatic rings. The predicted octanol–water partition coefficient (Wildman–Crippen LogP) is 0.163. The van der Waals surface area contributed by atoms with Crippen molar-refractivity contribution in [3.8, 4) is 0 Å². The van der Waals surface area contributed by atoms with Crippen LogP contribution in [0.3, 0.4) is 0 Å². The molecule has 0 aliphatic carbocycles. The molecule has 0 spiro atoms. The summed E-state index contributed by atoms with van der Waals surface area (Å²) in [6.45, 7) is 1.22. The third-order valence-electron chi connectivity index (χ3n) is 2.02. The van der Waals surface area contributed by atoms with Crippen molar-refractivity contribution < 1.29 is 17.8 Å². The van der Waals surface area contributed by atoms with Crippen LogP contribution >= 0.6 is 0 Å². The second-order valence-corrected chi connectivity index (χ2v) is 4.66. The van der Waals surface area contributed by atoms with Gasteiger partial charge in [-0.25, -0.2) is 0 Å². The van der Waals surface area contributed by atoms with E-state index in [0.717, 1.165) is 0 Å². The smallest absolute Gasteiger partial charge is 0.298 e. The Bertz CT molecular complexity index is 691. The predicted molar refractivity (Wildman–Crippen MR) is 58.0 cm³/mol. The van der Waals surface area contributed by atoms with Crippen LogP contribution in [0.2, 0.25) is 0 Å². The lowest BCUT2D eigenvalue weighted by molar-refractivity contribution is -0.114. The number of hydrogen-bond donors (Lipinski definition) is 3. The molecule has 2 rings (SSSR count). The first-order valence-electron chi connectivity index (χ1n) is 4.48. The molecule has 1 aromatic heterocycles. The Morgan fingerprint density at radius 2 is 2.18 bits per heavy atom. The highest BCUT2D eigenvalue weighted by Gasteiger charge is 2.22. The number of aromatic nitrogens is 3. The van der Waals surface area contributed by atoms with Crippen LogP contribution in [0.1, 0.15) is 6.92 Å². The van der Waals surface area contributed by atoms with Crippen LogP contribution in [0, 0.1) is 0 Å². The molecule has 90 valence electrons. The molecule has 0 saturated heterocycles. The summed E-state index contributed by atoms with van der Waals surface area (Å²) in [6, 6.07) is 2.84. The van der Waals surface area contributed by atoms with Gasteiger partial charge in [0.2, 0.25) is 5.91 Å². The number of rotatable bonds is 2. The molecular weight excluding hydrogens is 248 g/mol. The van der Waals surface area contributed by atoms with Crippen molar-refractivity contribution in [1.82, 2.24) is 15.4 Å². The van der Waals surface area contributed by atoms with Crippen LogP contribution < -0.4 is 5.32 Å². The highest BCUT2D eigenvalue weighted by Crippen LogP contribution is 2.27. The van der Waals surface area contributed by atoms with Crippen LogP contribution in [0.25, 0.3) is 11.0 Å². The van der Waals surface area contributed by atoms with Gasteiger partial charge in [-0.05, 0) is 12.1 Å². The number of aromatic amines is 1. The van der Waals surface area contributed by atoms with Gasteiger partial charge >= 0.3 is 0 Å². The summed E-state index contributed by atoms with van der Waals surface area (Å²) in [5, 5.41) is 11.8. The van der Waals surface area contributed by atoms with Gasteiger partial charge in [0.05, 0.1) is 11.2 Å². The molecule has 1 aromatic carbocycles. The van der Waals surface area contributed by atoms with Crippen molar-refractivity contribution in [2.45, 2.75) is 11.8 Å². The Labute approximate surface area is 95.8 Å². The minimum atomic E-state index is -4.51. The van der Waals surface area contributed by atoms with Crippen LogP contribution in [-0.4, -0.2) is 34.3 Å². The Hall–Kier alpha value is -2.00. The maximum atomic E-state index is 11.3. The molecule has 0 radical (unpaired) electrons. The van der Waals surface area contributed by atoms with Gasteiger partial charge in [-0.15, -0.1) is 5.10 Å². The normalized spacial score (nSPS) is 11.6. The van der Waals surface area contributed by atoms with Crippen molar-refractivity contribution in [1.29, 1.82) is 0 Å². The third kappa shape index (κ3) is 2.10. The van der Waals surface area contributed by atoms with Gasteiger partial charge < -0.3 is 5.32 Å². The van der Waals surface area contributed by atoms with Gasteiger partial charge in [-0.3, -0.25) is 14.4 Å². The van der Waals surface area contributed by atoms with Crippen LogP contribution in [0.5, 0.6) is 0 Å². The van der Waals surface area contributed by atoms with Crippen molar-refractivity contribution in [2.24, 2.45) is 0 Å². The summed E-state index contributed by atoms with van der Waals surface area (Å²) in [4.78, 5) is 10.5. The van der Waals surface area contributed by atoms with Crippen LogP contribution in [0.15, 0.2) is 17.0 Å². The summed E-state index contributed by atoms with van der Waals surface area (Å²) in [6.07, 6.45) is 0. The lowest BCUT2D eigenvalue weighted by Crippen LogP contribution is -2.11. The third-order valence-corrected chi connectivity index (χ3v) is 2.95. The standard InChI is InChI=1S/C8H8N4O4S/c1-4(13)9-6-3-2-5-7(11-12-10-5)8(6)17(14,15)16/h2-3H,1H3,(H,9,13)(H,10,11,12)(H,14,15,16). The Kier molecular flexibility index (Phi) is 2.56. The van der Waals surface area contributed by atoms with Crippen molar-refractivity contribution in [2.75, 3.05) is 5.32 Å². The minimum Gasteiger partial charge on any atom is -0.325 e. The molecule has 0 atom stereocenters. The number of nitrogens with zero attached hydrogens (tertiary/aromatic N) is 2. The van der Waals surface area contributed by atoms with Crippen molar-refractivity contribution in [3.63, 3.8) is 0 Å². The quantitative estimate of drug-likeness (QED) is 0.657. The molecule has 0 saturated carbocycles. The summed E-state index contributed by atoms with van der Waals surface area (Å²) < 4.78 is 31.7. The summed E-state index contributed by atoms with van der Waals surface area (Å²) in [7, 11) is -4.51. The molecule has 17 heavy (non-hydrogen) atoms. The van der Waals surface area contributed by atoms with E-state index in [1.54, 1.807) is 0 Å². The maximum absolute atomic E-state index is 11.3. The average molecular weight is 256 g/mol. The van der Waals surface area contributed by atoms with E-state index in [2.05, 4.69) is 20.7 Å². The van der Waals surface area contributed by atoms with E-state index in [9.17, 15) is 13.2 Å². The van der Waals surface area contributed by atoms with Gasteiger partial charge in [0.1, 0.15) is 10.4 Å². The number of fused-ring (bicyclic) bond motifs is 1. The SMILES string of the molecule is CC(=O)Nc1ccc2[nH]nnc2c1S(=O)(=O)O. The Balaban J connectivity index is 2.79. The number of amides is 1. The average Bonchev–Trinajstić information content (AvgIpc) is 2.61. The number of benzene rings is 1. The highest BCUT2D eigenvalue weighted by atomic mass is 32.2. The molecule has 8 nitrogen and oxygen atoms in total. The Morgan fingerprint density at radius 1 is 1.47 bits per heavy atom. The zero-order valence-corrected chi connectivity index (χ0v) is 9.45. The molecule has 1 amide bonds. The number of nitrogens with one attached hydrogen (secondary N) is 2. The van der Waals surface area contributed by atoms with Gasteiger partial charge in [-0.2, -0.15) is 8.42 Å². The van der Waals surface area contributed by atoms with Crippen LogP contribution in [0.4, 0.5) is 5.69 Å². The highest BCUT2D eigenvalue weighted by molar-refractivity contribution is 7.86. The van der Waals surface area contributed by atoms with E-state index in [0.29, 0.717) is 5.52 Å². The molecule has 0 bridgehead atoms. The maximum Gasteiger partial charge on any atom is 0.298 e. The van der Waals surface area contributed by atoms with Gasteiger partial charge in [-0.1, -0.05) is 5.21 Å². The number of carbonyl (C=O) groups is 1. The molecule has 9 heteroatoms. The van der Waals surface area contributed by atoms with Crippen molar-refractivity contribution >= 4 is 32.7 Å². The van der Waals surface area contributed by atoms with E-state index < -0.39 is 20.9 Å². The fourth-order valence-electron chi connectivity index (χ4n) is 1.44.